The number of rotatable bonds is 1. The van der Waals surface area contributed by atoms with Gasteiger partial charge in [0.15, 0.2) is 0 Å². The van der Waals surface area contributed by atoms with Crippen molar-refractivity contribution in [3.63, 3.8) is 0 Å². The van der Waals surface area contributed by atoms with Gasteiger partial charge in [-0.05, 0) is 50.3 Å². The normalized spacial score (nSPS) is 28.2. The Morgan fingerprint density at radius 2 is 2.12 bits per heavy atom. The molecule has 2 atom stereocenters. The van der Waals surface area contributed by atoms with Gasteiger partial charge >= 0.3 is 0 Å². The molecule has 2 nitrogen and oxygen atoms in total. The summed E-state index contributed by atoms with van der Waals surface area (Å²) in [7, 11) is 0. The minimum Gasteiger partial charge on any atom is -0.365 e. The van der Waals surface area contributed by atoms with Crippen LogP contribution in [0.15, 0.2) is 18.2 Å². The summed E-state index contributed by atoms with van der Waals surface area (Å²) in [6, 6.07) is 8.16. The van der Waals surface area contributed by atoms with E-state index in [0.717, 1.165) is 25.2 Å². The summed E-state index contributed by atoms with van der Waals surface area (Å²) in [6.45, 7) is 6.77. The third-order valence-corrected chi connectivity index (χ3v) is 4.52. The summed E-state index contributed by atoms with van der Waals surface area (Å²) in [5.74, 6) is 0. The van der Waals surface area contributed by atoms with Gasteiger partial charge < -0.3 is 10.2 Å². The molecule has 1 aromatic carbocycles. The second kappa shape index (κ2) is 4.34. The zero-order chi connectivity index (χ0) is 11.8. The first-order chi connectivity index (χ1) is 8.27. The van der Waals surface area contributed by atoms with Gasteiger partial charge in [0.2, 0.25) is 0 Å². The fourth-order valence-electron chi connectivity index (χ4n) is 3.43. The van der Waals surface area contributed by atoms with Gasteiger partial charge in [-0.2, -0.15) is 0 Å². The number of aryl methyl sites for hydroxylation is 1. The Balaban J connectivity index is 1.94. The lowest BCUT2D eigenvalue weighted by molar-refractivity contribution is 0.403. The van der Waals surface area contributed by atoms with Gasteiger partial charge in [0, 0.05) is 30.9 Å². The van der Waals surface area contributed by atoms with Crippen LogP contribution in [0.5, 0.6) is 0 Å². The lowest BCUT2D eigenvalue weighted by Crippen LogP contribution is -2.55. The average Bonchev–Trinajstić information content (AvgIpc) is 2.81. The molecule has 0 amide bonds. The first-order valence-electron chi connectivity index (χ1n) is 6.83. The molecule has 17 heavy (non-hydrogen) atoms. The molecular formula is C15H22N2. The minimum atomic E-state index is 0.726. The first kappa shape index (κ1) is 11.1. The summed E-state index contributed by atoms with van der Waals surface area (Å²) < 4.78 is 0. The van der Waals surface area contributed by atoms with Crippen molar-refractivity contribution < 1.29 is 0 Å². The van der Waals surface area contributed by atoms with Crippen molar-refractivity contribution in [3.8, 4) is 0 Å². The molecule has 0 bridgehead atoms. The summed E-state index contributed by atoms with van der Waals surface area (Å²) in [4.78, 5) is 2.65. The zero-order valence-corrected chi connectivity index (χ0v) is 10.9. The third-order valence-electron chi connectivity index (χ3n) is 4.52. The Labute approximate surface area is 104 Å². The van der Waals surface area contributed by atoms with Gasteiger partial charge in [0.05, 0.1) is 0 Å². The molecule has 0 aromatic heterocycles. The third kappa shape index (κ3) is 1.85. The van der Waals surface area contributed by atoms with E-state index >= 15 is 0 Å². The monoisotopic (exact) mass is 230 g/mol. The van der Waals surface area contributed by atoms with Crippen LogP contribution in [0.4, 0.5) is 5.69 Å². The molecule has 92 valence electrons. The first-order valence-corrected chi connectivity index (χ1v) is 6.83. The molecule has 1 aliphatic heterocycles. The highest BCUT2D eigenvalue weighted by atomic mass is 15.2. The van der Waals surface area contributed by atoms with Crippen molar-refractivity contribution in [1.82, 2.24) is 5.32 Å². The van der Waals surface area contributed by atoms with Crippen molar-refractivity contribution in [2.45, 2.75) is 45.2 Å². The molecule has 0 radical (unpaired) electrons. The highest BCUT2D eigenvalue weighted by Gasteiger charge is 2.35. The number of benzene rings is 1. The van der Waals surface area contributed by atoms with Crippen LogP contribution in [0, 0.1) is 13.8 Å². The van der Waals surface area contributed by atoms with Gasteiger partial charge in [0.25, 0.3) is 0 Å². The number of nitrogens with zero attached hydrogens (tertiary/aromatic N) is 1. The van der Waals surface area contributed by atoms with E-state index in [2.05, 4.69) is 42.3 Å². The molecule has 2 fully saturated rings. The predicted molar refractivity (Wildman–Crippen MR) is 72.7 cm³/mol. The molecule has 3 rings (SSSR count). The van der Waals surface area contributed by atoms with Crippen LogP contribution >= 0.6 is 0 Å². The Kier molecular flexibility index (Phi) is 2.83. The van der Waals surface area contributed by atoms with Gasteiger partial charge in [-0.15, -0.1) is 0 Å². The van der Waals surface area contributed by atoms with Crippen LogP contribution in [-0.2, 0) is 0 Å². The second-order valence-electron chi connectivity index (χ2n) is 5.47. The molecule has 0 spiro atoms. The Morgan fingerprint density at radius 3 is 3.00 bits per heavy atom. The quantitative estimate of drug-likeness (QED) is 0.798. The second-order valence-corrected chi connectivity index (χ2v) is 5.47. The molecule has 1 heterocycles. The highest BCUT2D eigenvalue weighted by molar-refractivity contribution is 5.57. The number of hydrogen-bond acceptors (Lipinski definition) is 2. The maximum Gasteiger partial charge on any atom is 0.0443 e. The Hall–Kier alpha value is -1.02. The van der Waals surface area contributed by atoms with Gasteiger partial charge in [0.1, 0.15) is 0 Å². The topological polar surface area (TPSA) is 15.3 Å². The van der Waals surface area contributed by atoms with Crippen LogP contribution in [0.3, 0.4) is 0 Å². The lowest BCUT2D eigenvalue weighted by Gasteiger charge is -2.41. The largest absolute Gasteiger partial charge is 0.365 e. The fraction of sp³-hybridized carbons (Fsp3) is 0.600. The number of nitrogens with one attached hydrogen (secondary N) is 1. The number of fused-ring (bicyclic) bond motifs is 1. The molecule has 1 aromatic rings. The summed E-state index contributed by atoms with van der Waals surface area (Å²) in [5, 5.41) is 3.67. The van der Waals surface area contributed by atoms with Crippen molar-refractivity contribution in [2.24, 2.45) is 0 Å². The van der Waals surface area contributed by atoms with Gasteiger partial charge in [-0.25, -0.2) is 0 Å². The molecule has 2 heteroatoms. The smallest absolute Gasteiger partial charge is 0.0443 e. The van der Waals surface area contributed by atoms with E-state index in [0.29, 0.717) is 0 Å². The predicted octanol–water partition coefficient (Wildman–Crippen LogP) is 2.63. The van der Waals surface area contributed by atoms with E-state index < -0.39 is 0 Å². The van der Waals surface area contributed by atoms with E-state index in [1.54, 1.807) is 0 Å². The Morgan fingerprint density at radius 1 is 1.24 bits per heavy atom. The van der Waals surface area contributed by atoms with Gasteiger partial charge in [-0.3, -0.25) is 0 Å². The van der Waals surface area contributed by atoms with Crippen molar-refractivity contribution >= 4 is 5.69 Å². The van der Waals surface area contributed by atoms with Crippen LogP contribution in [0.1, 0.15) is 30.4 Å². The molecular weight excluding hydrogens is 208 g/mol. The number of anilines is 1. The van der Waals surface area contributed by atoms with Crippen LogP contribution in [0.25, 0.3) is 0 Å². The van der Waals surface area contributed by atoms with Crippen molar-refractivity contribution in [1.29, 1.82) is 0 Å². The van der Waals surface area contributed by atoms with E-state index in [1.165, 1.54) is 36.1 Å². The SMILES string of the molecule is Cc1cccc(N2CCN[C@@H]3CCC[C@H]32)c1C. The molecule has 1 saturated carbocycles. The highest BCUT2D eigenvalue weighted by Crippen LogP contribution is 2.33. The van der Waals surface area contributed by atoms with E-state index in [9.17, 15) is 0 Å². The maximum atomic E-state index is 3.67. The molecule has 1 N–H and O–H groups in total. The summed E-state index contributed by atoms with van der Waals surface area (Å²) in [5.41, 5.74) is 4.33. The minimum absolute atomic E-state index is 0.726. The van der Waals surface area contributed by atoms with Crippen LogP contribution in [0.2, 0.25) is 0 Å². The maximum absolute atomic E-state index is 3.67. The molecule has 2 aliphatic rings. The molecule has 0 unspecified atom stereocenters. The standard InChI is InChI=1S/C15H22N2/c1-11-5-3-7-14(12(11)2)17-10-9-16-13-6-4-8-15(13)17/h3,5,7,13,15-16H,4,6,8-10H2,1-2H3/t13-,15-/m1/s1. The average molecular weight is 230 g/mol. The summed E-state index contributed by atoms with van der Waals surface area (Å²) >= 11 is 0. The molecule has 1 aliphatic carbocycles. The number of hydrogen-bond donors (Lipinski definition) is 1. The van der Waals surface area contributed by atoms with E-state index in [4.69, 9.17) is 0 Å². The summed E-state index contributed by atoms with van der Waals surface area (Å²) in [6.07, 6.45) is 4.08. The van der Waals surface area contributed by atoms with E-state index in [1.807, 2.05) is 0 Å². The van der Waals surface area contributed by atoms with Crippen LogP contribution in [-0.4, -0.2) is 25.2 Å². The number of piperazine rings is 1. The van der Waals surface area contributed by atoms with Crippen molar-refractivity contribution in [2.75, 3.05) is 18.0 Å². The van der Waals surface area contributed by atoms with Gasteiger partial charge in [-0.1, -0.05) is 12.1 Å². The Bertz CT molecular complexity index is 413. The van der Waals surface area contributed by atoms with Crippen molar-refractivity contribution in [3.05, 3.63) is 29.3 Å². The van der Waals surface area contributed by atoms with E-state index in [-0.39, 0.29) is 0 Å². The fourth-order valence-corrected chi connectivity index (χ4v) is 3.43. The van der Waals surface area contributed by atoms with Crippen LogP contribution < -0.4 is 10.2 Å². The zero-order valence-electron chi connectivity index (χ0n) is 10.9. The molecule has 1 saturated heterocycles. The lowest BCUT2D eigenvalue weighted by atomic mass is 10.0.